The minimum atomic E-state index is -4.62. The highest BCUT2D eigenvalue weighted by Crippen LogP contribution is 2.39. The summed E-state index contributed by atoms with van der Waals surface area (Å²) in [6.07, 6.45) is -3.19. The number of nitrogens with zero attached hydrogens (tertiary/aromatic N) is 4. The molecule has 1 saturated heterocycles. The van der Waals surface area contributed by atoms with Gasteiger partial charge in [-0.05, 0) is 49.9 Å². The topological polar surface area (TPSA) is 126 Å². The van der Waals surface area contributed by atoms with Crippen molar-refractivity contribution >= 4 is 34.7 Å². The first-order valence-corrected chi connectivity index (χ1v) is 12.8. The van der Waals surface area contributed by atoms with Gasteiger partial charge in [-0.3, -0.25) is 9.59 Å². The van der Waals surface area contributed by atoms with Crippen LogP contribution in [-0.4, -0.2) is 59.9 Å². The number of nitrogens with two attached hydrogens (primary N) is 1. The fourth-order valence-electron chi connectivity index (χ4n) is 4.27. The van der Waals surface area contributed by atoms with Gasteiger partial charge in [0, 0.05) is 49.3 Å². The number of hydrogen-bond donors (Lipinski definition) is 3. The molecule has 1 aromatic heterocycles. The lowest BCUT2D eigenvalue weighted by Gasteiger charge is -2.35. The monoisotopic (exact) mass is 569 g/mol. The molecule has 2 amide bonds. The van der Waals surface area contributed by atoms with Gasteiger partial charge in [0.1, 0.15) is 11.4 Å². The second-order valence-corrected chi connectivity index (χ2v) is 9.36. The van der Waals surface area contributed by atoms with Gasteiger partial charge in [-0.1, -0.05) is 19.6 Å². The van der Waals surface area contributed by atoms with Crippen molar-refractivity contribution in [3.63, 3.8) is 0 Å². The molecule has 10 nitrogen and oxygen atoms in total. The predicted molar refractivity (Wildman–Crippen MR) is 150 cm³/mol. The number of hydrogen-bond acceptors (Lipinski definition) is 8. The first-order chi connectivity index (χ1) is 19.5. The summed E-state index contributed by atoms with van der Waals surface area (Å²) in [6, 6.07) is 10.3. The van der Waals surface area contributed by atoms with Crippen molar-refractivity contribution in [3.05, 3.63) is 72.1 Å². The molecule has 216 valence electrons. The zero-order valence-electron chi connectivity index (χ0n) is 22.6. The third-order valence-electron chi connectivity index (χ3n) is 6.41. The van der Waals surface area contributed by atoms with Crippen molar-refractivity contribution in [2.45, 2.75) is 19.5 Å². The van der Waals surface area contributed by atoms with E-state index in [0.717, 1.165) is 12.1 Å². The molecule has 3 aromatic rings. The number of halogens is 3. The van der Waals surface area contributed by atoms with Crippen molar-refractivity contribution in [2.24, 2.45) is 5.73 Å². The first-order valence-electron chi connectivity index (χ1n) is 12.8. The molecule has 1 fully saturated rings. The van der Waals surface area contributed by atoms with Crippen LogP contribution in [0.2, 0.25) is 0 Å². The number of carbonyl (C=O) groups is 2. The van der Waals surface area contributed by atoms with Crippen LogP contribution >= 0.6 is 0 Å². The van der Waals surface area contributed by atoms with Gasteiger partial charge in [-0.15, -0.1) is 0 Å². The van der Waals surface area contributed by atoms with E-state index in [1.54, 1.807) is 36.1 Å². The van der Waals surface area contributed by atoms with E-state index in [2.05, 4.69) is 32.1 Å². The maximum Gasteiger partial charge on any atom is 0.418 e. The SMILES string of the molecule is C=CC(=O)Nc1cccc(Oc2nc(Nc3ccc(N4CCN(C)CC4)c(C(F)(F)F)c3)c(C(N)=O)nc2CC)c1. The molecule has 0 bridgehead atoms. The Kier molecular flexibility index (Phi) is 8.77. The molecule has 4 rings (SSSR count). The smallest absolute Gasteiger partial charge is 0.418 e. The van der Waals surface area contributed by atoms with Crippen LogP contribution in [0.5, 0.6) is 11.6 Å². The highest BCUT2D eigenvalue weighted by Gasteiger charge is 2.36. The second kappa shape index (κ2) is 12.3. The normalized spacial score (nSPS) is 13.9. The number of primary amides is 1. The zero-order chi connectivity index (χ0) is 29.7. The molecule has 1 aliphatic heterocycles. The number of anilines is 4. The van der Waals surface area contributed by atoms with Crippen LogP contribution in [0, 0.1) is 0 Å². The summed E-state index contributed by atoms with van der Waals surface area (Å²) in [7, 11) is 1.92. The van der Waals surface area contributed by atoms with Crippen molar-refractivity contribution in [1.82, 2.24) is 14.9 Å². The van der Waals surface area contributed by atoms with Crippen LogP contribution in [0.4, 0.5) is 36.1 Å². The number of benzene rings is 2. The molecular formula is C28H30F3N7O3. The molecule has 1 aliphatic rings. The van der Waals surface area contributed by atoms with E-state index in [1.165, 1.54) is 12.1 Å². The van der Waals surface area contributed by atoms with E-state index in [-0.39, 0.29) is 28.8 Å². The number of likely N-dealkylation sites (N-methyl/N-ethyl adjacent to an activating group) is 1. The molecule has 0 unspecified atom stereocenters. The van der Waals surface area contributed by atoms with E-state index in [4.69, 9.17) is 10.5 Å². The minimum Gasteiger partial charge on any atom is -0.437 e. The summed E-state index contributed by atoms with van der Waals surface area (Å²) in [5.74, 6) is -1.19. The van der Waals surface area contributed by atoms with Crippen LogP contribution in [0.15, 0.2) is 55.1 Å². The van der Waals surface area contributed by atoms with E-state index in [9.17, 15) is 22.8 Å². The fraction of sp³-hybridized carbons (Fsp3) is 0.286. The van der Waals surface area contributed by atoms with Gasteiger partial charge in [0.2, 0.25) is 11.8 Å². The molecule has 2 heterocycles. The van der Waals surface area contributed by atoms with Gasteiger partial charge >= 0.3 is 6.18 Å². The molecule has 0 spiro atoms. The van der Waals surface area contributed by atoms with E-state index in [0.29, 0.717) is 49.7 Å². The van der Waals surface area contributed by atoms with E-state index < -0.39 is 23.6 Å². The number of rotatable bonds is 9. The third kappa shape index (κ3) is 7.11. The Balaban J connectivity index is 1.69. The van der Waals surface area contributed by atoms with Crippen LogP contribution in [0.1, 0.15) is 28.7 Å². The van der Waals surface area contributed by atoms with Gasteiger partial charge < -0.3 is 30.9 Å². The Hall–Kier alpha value is -4.65. The molecule has 41 heavy (non-hydrogen) atoms. The molecule has 13 heteroatoms. The lowest BCUT2D eigenvalue weighted by atomic mass is 10.1. The van der Waals surface area contributed by atoms with Crippen molar-refractivity contribution in [3.8, 4) is 11.6 Å². The Bertz CT molecular complexity index is 1450. The van der Waals surface area contributed by atoms with E-state index in [1.807, 2.05) is 7.05 Å². The number of aryl methyl sites for hydroxylation is 1. The summed E-state index contributed by atoms with van der Waals surface area (Å²) in [5.41, 5.74) is 5.32. The van der Waals surface area contributed by atoms with Crippen molar-refractivity contribution in [2.75, 3.05) is 48.8 Å². The largest absolute Gasteiger partial charge is 0.437 e. The van der Waals surface area contributed by atoms with Crippen molar-refractivity contribution in [1.29, 1.82) is 0 Å². The molecule has 0 aliphatic carbocycles. The summed E-state index contributed by atoms with van der Waals surface area (Å²) in [4.78, 5) is 36.3. The maximum atomic E-state index is 14.1. The molecule has 0 atom stereocenters. The number of amides is 2. The van der Waals surface area contributed by atoms with Gasteiger partial charge in [0.25, 0.3) is 5.91 Å². The van der Waals surface area contributed by atoms with Crippen LogP contribution in [0.25, 0.3) is 0 Å². The third-order valence-corrected chi connectivity index (χ3v) is 6.41. The number of nitrogens with one attached hydrogen (secondary N) is 2. The molecular weight excluding hydrogens is 539 g/mol. The van der Waals surface area contributed by atoms with Gasteiger partial charge in [0.15, 0.2) is 11.5 Å². The van der Waals surface area contributed by atoms with Gasteiger partial charge in [-0.2, -0.15) is 18.2 Å². The Morgan fingerprint density at radius 3 is 2.46 bits per heavy atom. The van der Waals surface area contributed by atoms with Crippen LogP contribution < -0.4 is 26.0 Å². The quantitative estimate of drug-likeness (QED) is 0.320. The summed E-state index contributed by atoms with van der Waals surface area (Å²) in [5, 5.41) is 5.39. The van der Waals surface area contributed by atoms with Crippen LogP contribution in [0.3, 0.4) is 0 Å². The molecule has 2 aromatic carbocycles. The highest BCUT2D eigenvalue weighted by atomic mass is 19.4. The Morgan fingerprint density at radius 1 is 1.10 bits per heavy atom. The molecule has 4 N–H and O–H groups in total. The number of aromatic nitrogens is 2. The lowest BCUT2D eigenvalue weighted by Crippen LogP contribution is -2.45. The Morgan fingerprint density at radius 2 is 1.83 bits per heavy atom. The average Bonchev–Trinajstić information content (AvgIpc) is 2.93. The minimum absolute atomic E-state index is 0.0114. The number of alkyl halides is 3. The maximum absolute atomic E-state index is 14.1. The average molecular weight is 570 g/mol. The predicted octanol–water partition coefficient (Wildman–Crippen LogP) is 4.57. The van der Waals surface area contributed by atoms with Crippen molar-refractivity contribution < 1.29 is 27.5 Å². The second-order valence-electron chi connectivity index (χ2n) is 9.36. The highest BCUT2D eigenvalue weighted by molar-refractivity contribution is 5.99. The van der Waals surface area contributed by atoms with Gasteiger partial charge in [-0.25, -0.2) is 4.98 Å². The standard InChI is InChI=1S/C28H30F3N7O3/c1-4-21-27(41-19-8-6-7-17(15-19)33-23(39)5-2)36-26(24(35-21)25(32)40)34-18-9-10-22(20(16-18)28(29,30)31)38-13-11-37(3)12-14-38/h5-10,15-16H,2,4,11-14H2,1,3H3,(H2,32,40)(H,33,39)(H,34,36). The summed E-state index contributed by atoms with van der Waals surface area (Å²) in [6.45, 7) is 7.39. The Labute approximate surface area is 235 Å². The number of carbonyl (C=O) groups excluding carboxylic acids is 2. The lowest BCUT2D eigenvalue weighted by molar-refractivity contribution is -0.137. The number of ether oxygens (including phenoxy) is 1. The molecule has 0 radical (unpaired) electrons. The van der Waals surface area contributed by atoms with Crippen LogP contribution in [-0.2, 0) is 17.4 Å². The van der Waals surface area contributed by atoms with E-state index >= 15 is 0 Å². The summed E-state index contributed by atoms with van der Waals surface area (Å²) < 4.78 is 48.3. The number of piperazine rings is 1. The first kappa shape index (κ1) is 29.3. The summed E-state index contributed by atoms with van der Waals surface area (Å²) >= 11 is 0. The fourth-order valence-corrected chi connectivity index (χ4v) is 4.27. The van der Waals surface area contributed by atoms with Gasteiger partial charge in [0.05, 0.1) is 5.56 Å². The zero-order valence-corrected chi connectivity index (χ0v) is 22.6. The molecule has 0 saturated carbocycles.